The molecular weight excluding hydrogens is 200 g/mol. The second-order valence-electron chi connectivity index (χ2n) is 4.97. The van der Waals surface area contributed by atoms with E-state index in [1.165, 1.54) is 0 Å². The lowest BCUT2D eigenvalue weighted by molar-refractivity contribution is 0.111. The number of ether oxygens (including phenoxy) is 1. The zero-order valence-corrected chi connectivity index (χ0v) is 10.5. The molecule has 0 amide bonds. The molecule has 16 heavy (non-hydrogen) atoms. The van der Waals surface area contributed by atoms with E-state index >= 15 is 0 Å². The summed E-state index contributed by atoms with van der Waals surface area (Å²) in [5.74, 6) is 0.685. The fraction of sp³-hybridized carbons (Fsp3) is 0.500. The Morgan fingerprint density at radius 2 is 2.00 bits per heavy atom. The molecule has 0 N–H and O–H groups in total. The van der Waals surface area contributed by atoms with Crippen LogP contribution in [-0.4, -0.2) is 12.9 Å². The van der Waals surface area contributed by atoms with Crippen LogP contribution in [0, 0.1) is 0 Å². The van der Waals surface area contributed by atoms with Gasteiger partial charge < -0.3 is 4.74 Å². The van der Waals surface area contributed by atoms with Crippen LogP contribution in [0.5, 0.6) is 5.75 Å². The highest BCUT2D eigenvalue weighted by Crippen LogP contribution is 2.27. The predicted octanol–water partition coefficient (Wildman–Crippen LogP) is 3.59. The molecule has 0 aliphatic rings. The van der Waals surface area contributed by atoms with Gasteiger partial charge in [-0.1, -0.05) is 33.8 Å². The van der Waals surface area contributed by atoms with E-state index in [0.29, 0.717) is 17.9 Å². The van der Waals surface area contributed by atoms with E-state index in [1.807, 2.05) is 25.1 Å². The Hall–Kier alpha value is -1.31. The van der Waals surface area contributed by atoms with Gasteiger partial charge in [0, 0.05) is 0 Å². The largest absolute Gasteiger partial charge is 0.493 e. The fourth-order valence-electron chi connectivity index (χ4n) is 1.45. The zero-order chi connectivity index (χ0) is 12.2. The van der Waals surface area contributed by atoms with E-state index in [1.54, 1.807) is 0 Å². The molecule has 0 atom stereocenters. The van der Waals surface area contributed by atoms with Gasteiger partial charge in [0.1, 0.15) is 5.75 Å². The van der Waals surface area contributed by atoms with Crippen molar-refractivity contribution in [3.05, 3.63) is 29.3 Å². The summed E-state index contributed by atoms with van der Waals surface area (Å²) >= 11 is 0. The number of carbonyl (C=O) groups excluding carboxylic acids is 1. The van der Waals surface area contributed by atoms with Gasteiger partial charge in [0.25, 0.3) is 0 Å². The number of carbonyl (C=O) groups is 1. The van der Waals surface area contributed by atoms with Crippen molar-refractivity contribution in [2.24, 2.45) is 0 Å². The Labute approximate surface area is 97.6 Å². The summed E-state index contributed by atoms with van der Waals surface area (Å²) in [7, 11) is 0. The smallest absolute Gasteiger partial charge is 0.153 e. The fourth-order valence-corrected chi connectivity index (χ4v) is 1.45. The maximum Gasteiger partial charge on any atom is 0.153 e. The minimum atomic E-state index is 0.0566. The van der Waals surface area contributed by atoms with Crippen LogP contribution >= 0.6 is 0 Å². The topological polar surface area (TPSA) is 26.3 Å². The monoisotopic (exact) mass is 220 g/mol. The van der Waals surface area contributed by atoms with Crippen molar-refractivity contribution in [2.75, 3.05) is 6.61 Å². The molecule has 1 aromatic rings. The second kappa shape index (κ2) is 5.15. The molecule has 1 aromatic carbocycles. The zero-order valence-electron chi connectivity index (χ0n) is 10.5. The maximum absolute atomic E-state index is 11.0. The van der Waals surface area contributed by atoms with Gasteiger partial charge in [-0.25, -0.2) is 0 Å². The number of benzene rings is 1. The Bertz CT molecular complexity index is 361. The van der Waals surface area contributed by atoms with Crippen molar-refractivity contribution >= 4 is 6.29 Å². The SMILES string of the molecule is CCCOc1ccc(C(C)(C)C)cc1C=O. The average molecular weight is 220 g/mol. The van der Waals surface area contributed by atoms with Crippen LogP contribution in [0.2, 0.25) is 0 Å². The van der Waals surface area contributed by atoms with E-state index < -0.39 is 0 Å². The minimum absolute atomic E-state index is 0.0566. The summed E-state index contributed by atoms with van der Waals surface area (Å²) < 4.78 is 5.51. The molecule has 0 fully saturated rings. The van der Waals surface area contributed by atoms with Crippen LogP contribution in [-0.2, 0) is 5.41 Å². The number of hydrogen-bond acceptors (Lipinski definition) is 2. The van der Waals surface area contributed by atoms with Crippen molar-refractivity contribution in [1.82, 2.24) is 0 Å². The lowest BCUT2D eigenvalue weighted by Crippen LogP contribution is -2.11. The van der Waals surface area contributed by atoms with E-state index in [4.69, 9.17) is 4.74 Å². The number of aldehydes is 1. The predicted molar refractivity (Wildman–Crippen MR) is 66.3 cm³/mol. The molecule has 0 unspecified atom stereocenters. The van der Waals surface area contributed by atoms with Crippen LogP contribution < -0.4 is 4.74 Å². The molecule has 1 rings (SSSR count). The van der Waals surface area contributed by atoms with E-state index in [-0.39, 0.29) is 5.41 Å². The first-order valence-electron chi connectivity index (χ1n) is 5.71. The Morgan fingerprint density at radius 3 is 2.50 bits per heavy atom. The molecule has 0 heterocycles. The van der Waals surface area contributed by atoms with Crippen LogP contribution in [0.15, 0.2) is 18.2 Å². The molecule has 0 radical (unpaired) electrons. The van der Waals surface area contributed by atoms with Gasteiger partial charge in [0.05, 0.1) is 12.2 Å². The molecular formula is C14H20O2. The van der Waals surface area contributed by atoms with Crippen molar-refractivity contribution in [2.45, 2.75) is 39.5 Å². The molecule has 0 bridgehead atoms. The molecule has 0 saturated heterocycles. The lowest BCUT2D eigenvalue weighted by atomic mass is 9.86. The first kappa shape index (κ1) is 12.8. The minimum Gasteiger partial charge on any atom is -0.493 e. The van der Waals surface area contributed by atoms with Crippen LogP contribution in [0.4, 0.5) is 0 Å². The van der Waals surface area contributed by atoms with Gasteiger partial charge in [-0.3, -0.25) is 4.79 Å². The van der Waals surface area contributed by atoms with E-state index in [9.17, 15) is 4.79 Å². The van der Waals surface area contributed by atoms with Crippen LogP contribution in [0.3, 0.4) is 0 Å². The highest BCUT2D eigenvalue weighted by atomic mass is 16.5. The normalized spacial score (nSPS) is 11.2. The summed E-state index contributed by atoms with van der Waals surface area (Å²) in [6.07, 6.45) is 1.81. The molecule has 0 aliphatic heterocycles. The third-order valence-corrected chi connectivity index (χ3v) is 2.46. The Kier molecular flexibility index (Phi) is 4.11. The summed E-state index contributed by atoms with van der Waals surface area (Å²) in [6, 6.07) is 5.83. The lowest BCUT2D eigenvalue weighted by Gasteiger charge is -2.20. The highest BCUT2D eigenvalue weighted by Gasteiger charge is 2.15. The van der Waals surface area contributed by atoms with Gasteiger partial charge in [-0.2, -0.15) is 0 Å². The maximum atomic E-state index is 11.0. The van der Waals surface area contributed by atoms with Crippen LogP contribution in [0.25, 0.3) is 0 Å². The summed E-state index contributed by atoms with van der Waals surface area (Å²) in [6.45, 7) is 9.08. The third kappa shape index (κ3) is 3.09. The average Bonchev–Trinajstić information content (AvgIpc) is 2.24. The van der Waals surface area contributed by atoms with Crippen molar-refractivity contribution in [1.29, 1.82) is 0 Å². The summed E-state index contributed by atoms with van der Waals surface area (Å²) in [5, 5.41) is 0. The van der Waals surface area contributed by atoms with Gasteiger partial charge in [-0.05, 0) is 29.5 Å². The molecule has 0 saturated carbocycles. The van der Waals surface area contributed by atoms with Crippen molar-refractivity contribution < 1.29 is 9.53 Å². The Morgan fingerprint density at radius 1 is 1.31 bits per heavy atom. The van der Waals surface area contributed by atoms with E-state index in [2.05, 4.69) is 20.8 Å². The van der Waals surface area contributed by atoms with Gasteiger partial charge in [0.15, 0.2) is 6.29 Å². The molecule has 2 nitrogen and oxygen atoms in total. The highest BCUT2D eigenvalue weighted by molar-refractivity contribution is 5.79. The molecule has 0 aromatic heterocycles. The second-order valence-corrected chi connectivity index (χ2v) is 4.97. The first-order chi connectivity index (χ1) is 7.49. The molecule has 0 spiro atoms. The van der Waals surface area contributed by atoms with Gasteiger partial charge in [0.2, 0.25) is 0 Å². The quantitative estimate of drug-likeness (QED) is 0.725. The van der Waals surface area contributed by atoms with Gasteiger partial charge >= 0.3 is 0 Å². The summed E-state index contributed by atoms with van der Waals surface area (Å²) in [5.41, 5.74) is 1.85. The number of rotatable bonds is 4. The molecule has 88 valence electrons. The molecule has 2 heteroatoms. The number of hydrogen-bond donors (Lipinski definition) is 0. The third-order valence-electron chi connectivity index (χ3n) is 2.46. The first-order valence-corrected chi connectivity index (χ1v) is 5.71. The van der Waals surface area contributed by atoms with Crippen molar-refractivity contribution in [3.63, 3.8) is 0 Å². The molecule has 0 aliphatic carbocycles. The Balaban J connectivity index is 3.02. The standard InChI is InChI=1S/C14H20O2/c1-5-8-16-13-7-6-12(14(2,3)4)9-11(13)10-15/h6-7,9-10H,5,8H2,1-4H3. The van der Waals surface area contributed by atoms with E-state index in [0.717, 1.165) is 18.3 Å². The van der Waals surface area contributed by atoms with Gasteiger partial charge in [-0.15, -0.1) is 0 Å². The summed E-state index contributed by atoms with van der Waals surface area (Å²) in [4.78, 5) is 11.0. The van der Waals surface area contributed by atoms with Crippen molar-refractivity contribution in [3.8, 4) is 5.75 Å². The van der Waals surface area contributed by atoms with Crippen LogP contribution in [0.1, 0.15) is 50.0 Å².